The molecule has 10 nitrogen and oxygen atoms in total. The predicted molar refractivity (Wildman–Crippen MR) is 149 cm³/mol. The van der Waals surface area contributed by atoms with E-state index in [1.54, 1.807) is 54.9 Å². The van der Waals surface area contributed by atoms with Crippen LogP contribution in [-0.2, 0) is 16.6 Å². The number of benzene rings is 3. The Labute approximate surface area is 227 Å². The number of β-amino-alcohol motifs (C(OH)–C–C–N with tert-alkyl or cyclic N) is 1. The number of rotatable bonds is 12. The summed E-state index contributed by atoms with van der Waals surface area (Å²) in [4.78, 5) is 16.0. The maximum absolute atomic E-state index is 12.8. The molecule has 206 valence electrons. The summed E-state index contributed by atoms with van der Waals surface area (Å²) in [7, 11) is -2.38. The molecule has 4 rings (SSSR count). The van der Waals surface area contributed by atoms with Gasteiger partial charge in [0.15, 0.2) is 0 Å². The van der Waals surface area contributed by atoms with E-state index in [1.165, 1.54) is 25.3 Å². The highest BCUT2D eigenvalue weighted by atomic mass is 32.2. The Balaban J connectivity index is 1.42. The van der Waals surface area contributed by atoms with Crippen molar-refractivity contribution in [1.82, 2.24) is 14.9 Å². The number of aromatic nitrogens is 2. The second kappa shape index (κ2) is 11.4. The third-order valence-corrected chi connectivity index (χ3v) is 7.92. The highest BCUT2D eigenvalue weighted by Gasteiger charge is 2.23. The number of hydrogen-bond donors (Lipinski definition) is 4. The van der Waals surface area contributed by atoms with E-state index >= 15 is 0 Å². The number of carbonyl (C=O) groups is 1. The SMILES string of the molecule is COc1cc2c(cc1C(=O)O)ncn2CCC(C)(C)NCC(O)c1ccccc1NS(=O)(=O)c1ccccc1. The number of nitrogens with zero attached hydrogens (tertiary/aromatic N) is 2. The molecule has 0 aliphatic rings. The molecule has 1 heterocycles. The number of aliphatic hydroxyl groups excluding tert-OH is 1. The second-order valence-corrected chi connectivity index (χ2v) is 11.5. The molecule has 4 N–H and O–H groups in total. The van der Waals surface area contributed by atoms with Gasteiger partial charge in [-0.3, -0.25) is 4.72 Å². The Hall–Kier alpha value is -3.93. The lowest BCUT2D eigenvalue weighted by Crippen LogP contribution is -2.42. The van der Waals surface area contributed by atoms with Crippen molar-refractivity contribution in [3.63, 3.8) is 0 Å². The minimum absolute atomic E-state index is 0.0533. The van der Waals surface area contributed by atoms with Gasteiger partial charge in [-0.2, -0.15) is 0 Å². The quantitative estimate of drug-likeness (QED) is 0.206. The number of nitrogens with one attached hydrogen (secondary N) is 2. The van der Waals surface area contributed by atoms with Crippen molar-refractivity contribution in [2.45, 2.75) is 43.4 Å². The van der Waals surface area contributed by atoms with E-state index in [1.807, 2.05) is 18.4 Å². The maximum atomic E-state index is 12.8. The fourth-order valence-electron chi connectivity index (χ4n) is 4.25. The van der Waals surface area contributed by atoms with Crippen molar-refractivity contribution in [1.29, 1.82) is 0 Å². The van der Waals surface area contributed by atoms with Gasteiger partial charge in [-0.25, -0.2) is 18.2 Å². The van der Waals surface area contributed by atoms with Gasteiger partial charge in [-0.15, -0.1) is 0 Å². The smallest absolute Gasteiger partial charge is 0.339 e. The number of carboxylic acid groups (broad SMARTS) is 1. The van der Waals surface area contributed by atoms with E-state index in [4.69, 9.17) is 4.74 Å². The van der Waals surface area contributed by atoms with Gasteiger partial charge in [-0.05, 0) is 44.5 Å². The zero-order chi connectivity index (χ0) is 28.2. The van der Waals surface area contributed by atoms with Crippen LogP contribution in [0.4, 0.5) is 5.69 Å². The highest BCUT2D eigenvalue weighted by Crippen LogP contribution is 2.28. The van der Waals surface area contributed by atoms with Crippen LogP contribution < -0.4 is 14.8 Å². The third kappa shape index (κ3) is 6.56. The van der Waals surface area contributed by atoms with Gasteiger partial charge in [0, 0.05) is 30.3 Å². The number of anilines is 1. The van der Waals surface area contributed by atoms with Crippen LogP contribution in [0.25, 0.3) is 11.0 Å². The fraction of sp³-hybridized carbons (Fsp3) is 0.286. The Bertz CT molecular complexity index is 1570. The molecule has 3 aromatic carbocycles. The minimum atomic E-state index is -3.81. The van der Waals surface area contributed by atoms with Crippen molar-refractivity contribution >= 4 is 32.7 Å². The first-order valence-electron chi connectivity index (χ1n) is 12.4. The average molecular weight is 553 g/mol. The molecule has 0 saturated carbocycles. The molecule has 0 saturated heterocycles. The fourth-order valence-corrected chi connectivity index (χ4v) is 5.36. The number of para-hydroxylation sites is 1. The molecule has 0 bridgehead atoms. The van der Waals surface area contributed by atoms with Crippen LogP contribution in [0.5, 0.6) is 5.75 Å². The highest BCUT2D eigenvalue weighted by molar-refractivity contribution is 7.92. The van der Waals surface area contributed by atoms with Gasteiger partial charge in [0.2, 0.25) is 0 Å². The Morgan fingerprint density at radius 2 is 1.79 bits per heavy atom. The van der Waals surface area contributed by atoms with Gasteiger partial charge >= 0.3 is 5.97 Å². The number of imidazole rings is 1. The molecule has 0 spiro atoms. The average Bonchev–Trinajstić information content (AvgIpc) is 3.32. The molecule has 1 aromatic heterocycles. The largest absolute Gasteiger partial charge is 0.496 e. The number of aliphatic hydroxyl groups is 1. The molecule has 0 amide bonds. The molecule has 4 aromatic rings. The van der Waals surface area contributed by atoms with Gasteiger partial charge in [0.1, 0.15) is 11.3 Å². The zero-order valence-electron chi connectivity index (χ0n) is 22.0. The van der Waals surface area contributed by atoms with E-state index in [-0.39, 0.29) is 22.8 Å². The molecule has 0 aliphatic carbocycles. The van der Waals surface area contributed by atoms with Gasteiger partial charge < -0.3 is 24.8 Å². The standard InChI is InChI=1S/C28H32N4O6S/c1-28(2,13-14-32-18-29-23-15-21(27(34)35)26(38-3)16-24(23)32)30-17-25(33)20-11-7-8-12-22(20)31-39(36,37)19-9-5-4-6-10-19/h4-12,15-16,18,25,30-31,33H,13-14,17H2,1-3H3,(H,34,35). The molecule has 1 atom stereocenters. The lowest BCUT2D eigenvalue weighted by molar-refractivity contribution is 0.0693. The first-order chi connectivity index (χ1) is 18.5. The van der Waals surface area contributed by atoms with Crippen LogP contribution in [0.2, 0.25) is 0 Å². The number of carboxylic acids is 1. The first kappa shape index (κ1) is 28.1. The third-order valence-electron chi connectivity index (χ3n) is 6.54. The summed E-state index contributed by atoms with van der Waals surface area (Å²) in [6.07, 6.45) is 1.36. The molecular formula is C28H32N4O6S. The van der Waals surface area contributed by atoms with Crippen molar-refractivity contribution < 1.29 is 28.2 Å². The topological polar surface area (TPSA) is 143 Å². The van der Waals surface area contributed by atoms with Crippen LogP contribution in [0.15, 0.2) is 78.0 Å². The molecule has 1 unspecified atom stereocenters. The summed E-state index contributed by atoms with van der Waals surface area (Å²) in [5, 5.41) is 23.8. The number of hydrogen-bond acceptors (Lipinski definition) is 7. The Morgan fingerprint density at radius 3 is 2.49 bits per heavy atom. The summed E-state index contributed by atoms with van der Waals surface area (Å²) < 4.78 is 35.4. The van der Waals surface area contributed by atoms with Crippen molar-refractivity contribution in [3.05, 3.63) is 84.2 Å². The van der Waals surface area contributed by atoms with E-state index < -0.39 is 27.6 Å². The normalized spacial score (nSPS) is 12.8. The Kier molecular flexibility index (Phi) is 8.24. The van der Waals surface area contributed by atoms with Crippen LogP contribution in [-0.4, -0.2) is 53.3 Å². The number of aryl methyl sites for hydroxylation is 1. The van der Waals surface area contributed by atoms with E-state index in [0.717, 1.165) is 5.52 Å². The molecule has 0 fully saturated rings. The van der Waals surface area contributed by atoms with E-state index in [2.05, 4.69) is 15.0 Å². The van der Waals surface area contributed by atoms with E-state index in [9.17, 15) is 23.4 Å². The van der Waals surface area contributed by atoms with Crippen molar-refractivity contribution in [3.8, 4) is 5.75 Å². The predicted octanol–water partition coefficient (Wildman–Crippen LogP) is 4.04. The summed E-state index contributed by atoms with van der Waals surface area (Å²) in [6, 6.07) is 18.0. The monoisotopic (exact) mass is 552 g/mol. The lowest BCUT2D eigenvalue weighted by atomic mass is 9.99. The lowest BCUT2D eigenvalue weighted by Gasteiger charge is -2.28. The van der Waals surface area contributed by atoms with Crippen LogP contribution in [0, 0.1) is 0 Å². The van der Waals surface area contributed by atoms with Gasteiger partial charge in [-0.1, -0.05) is 36.4 Å². The summed E-state index contributed by atoms with van der Waals surface area (Å²) in [5.74, 6) is -0.819. The van der Waals surface area contributed by atoms with Gasteiger partial charge in [0.25, 0.3) is 10.0 Å². The van der Waals surface area contributed by atoms with Crippen LogP contribution in [0.3, 0.4) is 0 Å². The molecule has 11 heteroatoms. The number of ether oxygens (including phenoxy) is 1. The summed E-state index contributed by atoms with van der Waals surface area (Å²) in [6.45, 7) is 4.78. The second-order valence-electron chi connectivity index (χ2n) is 9.82. The first-order valence-corrected chi connectivity index (χ1v) is 13.8. The van der Waals surface area contributed by atoms with E-state index in [0.29, 0.717) is 29.7 Å². The zero-order valence-corrected chi connectivity index (χ0v) is 22.8. The molecule has 0 aliphatic heterocycles. The maximum Gasteiger partial charge on any atom is 0.339 e. The van der Waals surface area contributed by atoms with Crippen molar-refractivity contribution in [2.75, 3.05) is 18.4 Å². The van der Waals surface area contributed by atoms with Gasteiger partial charge in [0.05, 0.1) is 41.2 Å². The molecular weight excluding hydrogens is 520 g/mol. The Morgan fingerprint density at radius 1 is 1.10 bits per heavy atom. The number of methoxy groups -OCH3 is 1. The summed E-state index contributed by atoms with van der Waals surface area (Å²) >= 11 is 0. The van der Waals surface area contributed by atoms with Crippen LogP contribution in [0.1, 0.15) is 42.3 Å². The molecule has 0 radical (unpaired) electrons. The number of aromatic carboxylic acids is 1. The number of fused-ring (bicyclic) bond motifs is 1. The minimum Gasteiger partial charge on any atom is -0.496 e. The van der Waals surface area contributed by atoms with Crippen LogP contribution >= 0.6 is 0 Å². The molecule has 39 heavy (non-hydrogen) atoms. The van der Waals surface area contributed by atoms with Crippen molar-refractivity contribution in [2.24, 2.45) is 0 Å². The number of sulfonamides is 1. The summed E-state index contributed by atoms with van der Waals surface area (Å²) in [5.41, 5.74) is 1.74.